The molecule has 2 radical (unpaired) electrons. The average Bonchev–Trinajstić information content (AvgIpc) is 2.65. The SMILES string of the molecule is [3H]C1CC(OCC(=O)NCCC[Si]OC)C(O)O1. The van der Waals surface area contributed by atoms with E-state index in [1.165, 1.54) is 0 Å². The van der Waals surface area contributed by atoms with E-state index in [2.05, 4.69) is 5.32 Å². The highest BCUT2D eigenvalue weighted by atomic mass is 28.2. The van der Waals surface area contributed by atoms with Crippen LogP contribution in [0.4, 0.5) is 0 Å². The van der Waals surface area contributed by atoms with Gasteiger partial charge in [0.1, 0.15) is 12.7 Å². The van der Waals surface area contributed by atoms with Gasteiger partial charge in [0.25, 0.3) is 0 Å². The van der Waals surface area contributed by atoms with Crippen molar-refractivity contribution in [3.63, 3.8) is 0 Å². The first kappa shape index (κ1) is 13.0. The molecule has 1 amide bonds. The molecule has 7 heteroatoms. The minimum Gasteiger partial charge on any atom is -0.421 e. The predicted molar refractivity (Wildman–Crippen MR) is 61.5 cm³/mol. The van der Waals surface area contributed by atoms with Crippen molar-refractivity contribution in [2.45, 2.75) is 31.3 Å². The van der Waals surface area contributed by atoms with Gasteiger partial charge in [-0.3, -0.25) is 4.79 Å². The summed E-state index contributed by atoms with van der Waals surface area (Å²) in [5.74, 6) is -0.226. The van der Waals surface area contributed by atoms with E-state index >= 15 is 0 Å². The van der Waals surface area contributed by atoms with E-state index in [0.717, 1.165) is 12.5 Å². The molecule has 98 valence electrons. The lowest BCUT2D eigenvalue weighted by molar-refractivity contribution is -0.143. The second-order valence-corrected chi connectivity index (χ2v) is 4.78. The minimum absolute atomic E-state index is 0.121. The number of aliphatic hydroxyl groups excluding tert-OH is 1. The van der Waals surface area contributed by atoms with E-state index in [1.807, 2.05) is 0 Å². The number of hydrogen-bond donors (Lipinski definition) is 2. The van der Waals surface area contributed by atoms with Crippen LogP contribution in [0.15, 0.2) is 0 Å². The molecule has 0 aromatic heterocycles. The molecule has 3 unspecified atom stereocenters. The van der Waals surface area contributed by atoms with Gasteiger partial charge in [0, 0.05) is 20.1 Å². The first-order valence-corrected chi connectivity index (χ1v) is 6.65. The van der Waals surface area contributed by atoms with Gasteiger partial charge in [0.05, 0.1) is 7.95 Å². The molecule has 1 fully saturated rings. The standard InChI is InChI=1S/C10H19NO5Si/c1-14-17-6-2-4-11-9(12)7-16-8-3-5-15-10(8)13/h8,10,13H,2-7H2,1H3,(H,11,12)/i5T. The summed E-state index contributed by atoms with van der Waals surface area (Å²) in [7, 11) is 2.12. The Morgan fingerprint density at radius 2 is 2.59 bits per heavy atom. The maximum atomic E-state index is 11.4. The smallest absolute Gasteiger partial charge is 0.246 e. The lowest BCUT2D eigenvalue weighted by Gasteiger charge is -2.13. The lowest BCUT2D eigenvalue weighted by Crippen LogP contribution is -2.33. The highest BCUT2D eigenvalue weighted by Gasteiger charge is 2.27. The first-order chi connectivity index (χ1) is 8.63. The fraction of sp³-hybridized carbons (Fsp3) is 0.900. The maximum absolute atomic E-state index is 11.4. The zero-order chi connectivity index (χ0) is 13.4. The molecule has 6 nitrogen and oxygen atoms in total. The summed E-state index contributed by atoms with van der Waals surface area (Å²) in [6.07, 6.45) is -0.554. The summed E-state index contributed by atoms with van der Waals surface area (Å²) < 4.78 is 22.2. The van der Waals surface area contributed by atoms with Crippen molar-refractivity contribution in [3.8, 4) is 0 Å². The molecule has 1 rings (SSSR count). The Hall–Kier alpha value is -0.473. The maximum Gasteiger partial charge on any atom is 0.246 e. The number of ether oxygens (including phenoxy) is 2. The van der Waals surface area contributed by atoms with Crippen LogP contribution in [0.3, 0.4) is 0 Å². The van der Waals surface area contributed by atoms with Crippen LogP contribution in [-0.4, -0.2) is 60.0 Å². The molecule has 0 aromatic carbocycles. The zero-order valence-electron chi connectivity index (χ0n) is 10.8. The zero-order valence-corrected chi connectivity index (χ0v) is 10.8. The van der Waals surface area contributed by atoms with Gasteiger partial charge < -0.3 is 24.3 Å². The number of carbonyl (C=O) groups is 1. The van der Waals surface area contributed by atoms with Crippen molar-refractivity contribution in [3.05, 3.63) is 0 Å². The Bertz CT molecular complexity index is 258. The van der Waals surface area contributed by atoms with Crippen molar-refractivity contribution in [2.24, 2.45) is 0 Å². The van der Waals surface area contributed by atoms with Gasteiger partial charge in [-0.25, -0.2) is 0 Å². The second-order valence-electron chi connectivity index (χ2n) is 3.58. The molecule has 1 aliphatic rings. The molecule has 2 N–H and O–H groups in total. The monoisotopic (exact) mass is 263 g/mol. The Labute approximate surface area is 105 Å². The molecule has 0 bridgehead atoms. The molecule has 0 spiro atoms. The number of carbonyl (C=O) groups excluding carboxylic acids is 1. The third-order valence-electron chi connectivity index (χ3n) is 2.23. The van der Waals surface area contributed by atoms with Crippen LogP contribution in [0.25, 0.3) is 0 Å². The van der Waals surface area contributed by atoms with Crippen LogP contribution in [0.2, 0.25) is 6.04 Å². The van der Waals surface area contributed by atoms with Crippen molar-refractivity contribution >= 4 is 15.7 Å². The normalized spacial score (nSPS) is 29.1. The van der Waals surface area contributed by atoms with E-state index in [0.29, 0.717) is 16.3 Å². The molecule has 1 saturated heterocycles. The summed E-state index contributed by atoms with van der Waals surface area (Å²) in [6.45, 7) is -0.309. The van der Waals surface area contributed by atoms with E-state index in [1.54, 1.807) is 7.11 Å². The molecule has 1 aliphatic heterocycles. The number of hydrogen-bond acceptors (Lipinski definition) is 5. The van der Waals surface area contributed by atoms with Gasteiger partial charge in [0.2, 0.25) is 15.7 Å². The Morgan fingerprint density at radius 1 is 1.76 bits per heavy atom. The number of aliphatic hydroxyl groups is 1. The average molecular weight is 263 g/mol. The molecule has 0 saturated carbocycles. The van der Waals surface area contributed by atoms with Crippen molar-refractivity contribution in [2.75, 3.05) is 26.8 Å². The van der Waals surface area contributed by atoms with Crippen LogP contribution in [-0.2, 0) is 18.7 Å². The molecule has 3 atom stereocenters. The van der Waals surface area contributed by atoms with Crippen LogP contribution < -0.4 is 5.32 Å². The minimum atomic E-state index is -1.11. The highest BCUT2D eigenvalue weighted by molar-refractivity contribution is 6.26. The number of amides is 1. The lowest BCUT2D eigenvalue weighted by atomic mass is 10.3. The van der Waals surface area contributed by atoms with Crippen molar-refractivity contribution < 1.29 is 25.2 Å². The van der Waals surface area contributed by atoms with E-state index in [-0.39, 0.29) is 18.9 Å². The molecular weight excluding hydrogens is 242 g/mol. The van der Waals surface area contributed by atoms with Gasteiger partial charge in [-0.1, -0.05) is 0 Å². The molecule has 0 aliphatic carbocycles. The topological polar surface area (TPSA) is 77.0 Å². The fourth-order valence-electron chi connectivity index (χ4n) is 1.33. The van der Waals surface area contributed by atoms with Crippen LogP contribution >= 0.6 is 0 Å². The molecular formula is C10H19NO5Si. The molecule has 0 aromatic rings. The van der Waals surface area contributed by atoms with Crippen LogP contribution in [0.1, 0.15) is 14.2 Å². The fourth-order valence-corrected chi connectivity index (χ4v) is 1.85. The van der Waals surface area contributed by atoms with Crippen molar-refractivity contribution in [1.82, 2.24) is 5.32 Å². The number of nitrogens with one attached hydrogen (secondary N) is 1. The summed E-state index contributed by atoms with van der Waals surface area (Å²) in [4.78, 5) is 11.4. The van der Waals surface area contributed by atoms with Crippen molar-refractivity contribution in [1.29, 1.82) is 0 Å². The van der Waals surface area contributed by atoms with Gasteiger partial charge in [0.15, 0.2) is 6.29 Å². The van der Waals surface area contributed by atoms with Gasteiger partial charge >= 0.3 is 0 Å². The van der Waals surface area contributed by atoms with E-state index in [9.17, 15) is 9.90 Å². The highest BCUT2D eigenvalue weighted by Crippen LogP contribution is 2.14. The quantitative estimate of drug-likeness (QED) is 0.447. The summed E-state index contributed by atoms with van der Waals surface area (Å²) >= 11 is 0. The van der Waals surface area contributed by atoms with Crippen LogP contribution in [0.5, 0.6) is 0 Å². The third-order valence-corrected chi connectivity index (χ3v) is 3.08. The van der Waals surface area contributed by atoms with Gasteiger partial charge in [-0.05, 0) is 12.5 Å². The Morgan fingerprint density at radius 3 is 3.24 bits per heavy atom. The number of rotatable bonds is 8. The van der Waals surface area contributed by atoms with E-state index < -0.39 is 19.0 Å². The first-order valence-electron chi connectivity index (χ1n) is 6.11. The van der Waals surface area contributed by atoms with Crippen LogP contribution in [0, 0.1) is 0 Å². The largest absolute Gasteiger partial charge is 0.421 e. The summed E-state index contributed by atoms with van der Waals surface area (Å²) in [6, 6.07) is 0.924. The Kier molecular flexibility index (Phi) is 6.56. The van der Waals surface area contributed by atoms with E-state index in [4.69, 9.17) is 15.3 Å². The summed E-state index contributed by atoms with van der Waals surface area (Å²) in [5, 5.41) is 12.0. The van der Waals surface area contributed by atoms with Gasteiger partial charge in [-0.2, -0.15) is 0 Å². The third kappa shape index (κ3) is 6.13. The Balaban J connectivity index is 2.03. The molecule has 1 heterocycles. The summed E-state index contributed by atoms with van der Waals surface area (Å²) in [5.41, 5.74) is 0. The predicted octanol–water partition coefficient (Wildman–Crippen LogP) is -0.699. The second kappa shape index (κ2) is 8.59. The van der Waals surface area contributed by atoms with Gasteiger partial charge in [-0.15, -0.1) is 0 Å². The molecule has 17 heavy (non-hydrogen) atoms.